The van der Waals surface area contributed by atoms with Gasteiger partial charge in [0, 0.05) is 11.4 Å². The predicted molar refractivity (Wildman–Crippen MR) is 70.0 cm³/mol. The number of nitrogens with zero attached hydrogens (tertiary/aromatic N) is 1. The van der Waals surface area contributed by atoms with Crippen molar-refractivity contribution in [2.75, 3.05) is 11.1 Å². The highest BCUT2D eigenvalue weighted by Crippen LogP contribution is 2.23. The normalized spacial score (nSPS) is 9.83. The number of rotatable bonds is 2. The third kappa shape index (κ3) is 2.58. The van der Waals surface area contributed by atoms with Crippen molar-refractivity contribution in [3.8, 4) is 6.07 Å². The number of aryl methyl sites for hydroxylation is 1. The van der Waals surface area contributed by atoms with Gasteiger partial charge in [0.15, 0.2) is 0 Å². The maximum Gasteiger partial charge on any atom is 0.124 e. The summed E-state index contributed by atoms with van der Waals surface area (Å²) in [6.07, 6.45) is 0. The summed E-state index contributed by atoms with van der Waals surface area (Å²) in [5, 5.41) is 12.0. The lowest BCUT2D eigenvalue weighted by molar-refractivity contribution is 0.627. The van der Waals surface area contributed by atoms with Crippen molar-refractivity contribution in [1.82, 2.24) is 0 Å². The van der Waals surface area contributed by atoms with Crippen molar-refractivity contribution in [2.45, 2.75) is 6.92 Å². The van der Waals surface area contributed by atoms with Crippen molar-refractivity contribution in [2.24, 2.45) is 0 Å². The van der Waals surface area contributed by atoms with E-state index in [-0.39, 0.29) is 5.56 Å². The van der Waals surface area contributed by atoms with Gasteiger partial charge in [-0.3, -0.25) is 0 Å². The third-order valence-corrected chi connectivity index (χ3v) is 2.48. The second-order valence-corrected chi connectivity index (χ2v) is 4.06. The molecule has 0 radical (unpaired) electrons. The summed E-state index contributed by atoms with van der Waals surface area (Å²) < 4.78 is 13.0. The third-order valence-electron chi connectivity index (χ3n) is 2.48. The highest BCUT2D eigenvalue weighted by Gasteiger charge is 2.04. The van der Waals surface area contributed by atoms with E-state index >= 15 is 0 Å². The first-order valence-corrected chi connectivity index (χ1v) is 5.42. The fourth-order valence-corrected chi connectivity index (χ4v) is 1.76. The molecular weight excluding hydrogens is 229 g/mol. The van der Waals surface area contributed by atoms with Gasteiger partial charge in [0.25, 0.3) is 0 Å². The van der Waals surface area contributed by atoms with Gasteiger partial charge in [0.2, 0.25) is 0 Å². The van der Waals surface area contributed by atoms with Gasteiger partial charge in [-0.1, -0.05) is 0 Å². The molecule has 0 aliphatic heterocycles. The summed E-state index contributed by atoms with van der Waals surface area (Å²) in [5.41, 5.74) is 8.98. The van der Waals surface area contributed by atoms with Gasteiger partial charge in [-0.25, -0.2) is 4.39 Å². The van der Waals surface area contributed by atoms with Crippen LogP contribution in [0.4, 0.5) is 21.5 Å². The first kappa shape index (κ1) is 11.9. The van der Waals surface area contributed by atoms with Crippen LogP contribution in [0, 0.1) is 24.1 Å². The molecule has 0 saturated heterocycles. The van der Waals surface area contributed by atoms with E-state index in [0.717, 1.165) is 11.3 Å². The number of anilines is 3. The molecule has 4 heteroatoms. The minimum atomic E-state index is -0.430. The van der Waals surface area contributed by atoms with Crippen molar-refractivity contribution >= 4 is 17.1 Å². The van der Waals surface area contributed by atoms with Crippen LogP contribution >= 0.6 is 0 Å². The van der Waals surface area contributed by atoms with Crippen LogP contribution in [0.1, 0.15) is 11.1 Å². The van der Waals surface area contributed by atoms with Gasteiger partial charge in [0.05, 0.1) is 11.3 Å². The number of hydrogen-bond donors (Lipinski definition) is 2. The summed E-state index contributed by atoms with van der Waals surface area (Å²) in [5.74, 6) is -0.430. The quantitative estimate of drug-likeness (QED) is 0.793. The molecular formula is C14H12FN3. The van der Waals surface area contributed by atoms with Crippen LogP contribution < -0.4 is 11.1 Å². The first-order chi connectivity index (χ1) is 8.58. The van der Waals surface area contributed by atoms with E-state index in [9.17, 15) is 4.39 Å². The molecule has 0 aliphatic carbocycles. The molecule has 0 spiro atoms. The SMILES string of the molecule is Cc1cc(N)cc(Nc2ccc(F)cc2C#N)c1. The van der Waals surface area contributed by atoms with Gasteiger partial charge in [-0.15, -0.1) is 0 Å². The number of benzene rings is 2. The van der Waals surface area contributed by atoms with Crippen molar-refractivity contribution < 1.29 is 4.39 Å². The molecule has 0 unspecified atom stereocenters. The maximum absolute atomic E-state index is 13.0. The van der Waals surface area contributed by atoms with E-state index in [0.29, 0.717) is 11.4 Å². The first-order valence-electron chi connectivity index (χ1n) is 5.42. The lowest BCUT2D eigenvalue weighted by Crippen LogP contribution is -1.96. The van der Waals surface area contributed by atoms with Crippen molar-refractivity contribution in [3.05, 3.63) is 53.3 Å². The number of nitrogens with two attached hydrogens (primary N) is 1. The molecule has 0 aromatic heterocycles. The molecule has 90 valence electrons. The number of hydrogen-bond acceptors (Lipinski definition) is 3. The molecule has 18 heavy (non-hydrogen) atoms. The minimum Gasteiger partial charge on any atom is -0.399 e. The van der Waals surface area contributed by atoms with Crippen molar-refractivity contribution in [3.63, 3.8) is 0 Å². The van der Waals surface area contributed by atoms with E-state index in [2.05, 4.69) is 5.32 Å². The summed E-state index contributed by atoms with van der Waals surface area (Å²) >= 11 is 0. The molecule has 2 rings (SSSR count). The zero-order chi connectivity index (χ0) is 13.1. The van der Waals surface area contributed by atoms with Crippen LogP contribution in [0.25, 0.3) is 0 Å². The highest BCUT2D eigenvalue weighted by atomic mass is 19.1. The molecule has 0 atom stereocenters. The molecule has 0 saturated carbocycles. The summed E-state index contributed by atoms with van der Waals surface area (Å²) in [6.45, 7) is 1.93. The summed E-state index contributed by atoms with van der Waals surface area (Å²) in [6, 6.07) is 11.5. The van der Waals surface area contributed by atoms with Gasteiger partial charge in [-0.2, -0.15) is 5.26 Å². The molecule has 3 N–H and O–H groups in total. The molecule has 0 amide bonds. The molecule has 0 bridgehead atoms. The lowest BCUT2D eigenvalue weighted by Gasteiger charge is -2.10. The second kappa shape index (κ2) is 4.76. The zero-order valence-electron chi connectivity index (χ0n) is 9.87. The van der Waals surface area contributed by atoms with Crippen LogP contribution in [0.15, 0.2) is 36.4 Å². The van der Waals surface area contributed by atoms with E-state index < -0.39 is 5.82 Å². The summed E-state index contributed by atoms with van der Waals surface area (Å²) in [4.78, 5) is 0. The zero-order valence-corrected chi connectivity index (χ0v) is 9.87. The smallest absolute Gasteiger partial charge is 0.124 e. The molecule has 2 aromatic rings. The Kier molecular flexibility index (Phi) is 3.16. The Balaban J connectivity index is 2.37. The van der Waals surface area contributed by atoms with Gasteiger partial charge >= 0.3 is 0 Å². The molecule has 2 aromatic carbocycles. The van der Waals surface area contributed by atoms with Crippen LogP contribution in [0.2, 0.25) is 0 Å². The average Bonchev–Trinajstić information content (AvgIpc) is 2.30. The summed E-state index contributed by atoms with van der Waals surface area (Å²) in [7, 11) is 0. The largest absolute Gasteiger partial charge is 0.399 e. The van der Waals surface area contributed by atoms with Crippen molar-refractivity contribution in [1.29, 1.82) is 5.26 Å². The van der Waals surface area contributed by atoms with Crippen LogP contribution in [-0.4, -0.2) is 0 Å². The topological polar surface area (TPSA) is 61.8 Å². The Morgan fingerprint density at radius 2 is 2.00 bits per heavy atom. The van der Waals surface area contributed by atoms with Gasteiger partial charge < -0.3 is 11.1 Å². The Morgan fingerprint density at radius 3 is 2.67 bits per heavy atom. The Hall–Kier alpha value is -2.54. The number of nitrogens with one attached hydrogen (secondary N) is 1. The molecule has 0 aliphatic rings. The fourth-order valence-electron chi connectivity index (χ4n) is 1.76. The van der Waals surface area contributed by atoms with Crippen LogP contribution in [0.3, 0.4) is 0 Å². The minimum absolute atomic E-state index is 0.259. The van der Waals surface area contributed by atoms with E-state index in [1.54, 1.807) is 6.07 Å². The Morgan fingerprint density at radius 1 is 1.22 bits per heavy atom. The van der Waals surface area contributed by atoms with Crippen LogP contribution in [0.5, 0.6) is 0 Å². The fraction of sp³-hybridized carbons (Fsp3) is 0.0714. The van der Waals surface area contributed by atoms with Crippen LogP contribution in [-0.2, 0) is 0 Å². The Labute approximate surface area is 105 Å². The van der Waals surface area contributed by atoms with E-state index in [1.807, 2.05) is 25.1 Å². The predicted octanol–water partition coefficient (Wildman–Crippen LogP) is 3.33. The molecule has 0 fully saturated rings. The van der Waals surface area contributed by atoms with E-state index in [1.165, 1.54) is 18.2 Å². The molecule has 0 heterocycles. The standard InChI is InChI=1S/C14H12FN3/c1-9-4-12(17)7-13(5-9)18-14-3-2-11(15)6-10(14)8-16/h2-7,18H,17H2,1H3. The Bertz CT molecular complexity index is 609. The number of nitrogen functional groups attached to an aromatic ring is 1. The highest BCUT2D eigenvalue weighted by molar-refractivity contribution is 5.69. The number of halogens is 1. The lowest BCUT2D eigenvalue weighted by atomic mass is 10.1. The van der Waals surface area contributed by atoms with Gasteiger partial charge in [-0.05, 0) is 48.9 Å². The van der Waals surface area contributed by atoms with Gasteiger partial charge in [0.1, 0.15) is 11.9 Å². The second-order valence-electron chi connectivity index (χ2n) is 4.06. The monoisotopic (exact) mass is 241 g/mol. The average molecular weight is 241 g/mol. The number of nitriles is 1. The maximum atomic E-state index is 13.0. The molecule has 3 nitrogen and oxygen atoms in total. The van der Waals surface area contributed by atoms with E-state index in [4.69, 9.17) is 11.0 Å².